The predicted molar refractivity (Wildman–Crippen MR) is 153 cm³/mol. The van der Waals surface area contributed by atoms with Gasteiger partial charge < -0.3 is 18.9 Å². The molecule has 1 aliphatic carbocycles. The van der Waals surface area contributed by atoms with Crippen molar-refractivity contribution in [2.75, 3.05) is 20.8 Å². The topological polar surface area (TPSA) is 54.0 Å². The van der Waals surface area contributed by atoms with Crippen molar-refractivity contribution in [3.05, 3.63) is 83.2 Å². The minimum atomic E-state index is -0.298. The fourth-order valence-corrected chi connectivity index (χ4v) is 5.92. The number of ether oxygens (including phenoxy) is 4. The lowest BCUT2D eigenvalue weighted by atomic mass is 9.75. The number of methoxy groups -OCH3 is 2. The summed E-state index contributed by atoms with van der Waals surface area (Å²) in [6.45, 7) is 5.45. The largest absolute Gasteiger partial charge is 0.497 e. The summed E-state index contributed by atoms with van der Waals surface area (Å²) in [6, 6.07) is 18.9. The Balaban J connectivity index is 1.43. The Hall–Kier alpha value is -3.38. The van der Waals surface area contributed by atoms with Crippen LogP contribution in [-0.2, 0) is 20.9 Å². The van der Waals surface area contributed by atoms with Gasteiger partial charge in [-0.1, -0.05) is 38.1 Å². The van der Waals surface area contributed by atoms with Gasteiger partial charge in [0.1, 0.15) is 23.9 Å². The van der Waals surface area contributed by atoms with Gasteiger partial charge >= 0.3 is 5.97 Å². The predicted octanol–water partition coefficient (Wildman–Crippen LogP) is 8.01. The standard InChI is InChI=1S/C34H39FO5/c1-34(2)15-6-16-39-33(34)30-17-22(9-13-27(30)29-19-25(37-3)12-14-31(29)35)21-40-26-8-5-7-24(18-26)28(23-10-11-23)20-32(36)38-4/h5,7-9,12-14,17-19,23,28,33H,6,10-11,15-16,20-21H2,1-4H3/t28-,33-/m0/s1. The molecular formula is C34H39FO5. The van der Waals surface area contributed by atoms with E-state index >= 15 is 4.39 Å². The summed E-state index contributed by atoms with van der Waals surface area (Å²) < 4.78 is 38.1. The van der Waals surface area contributed by atoms with Crippen LogP contribution in [0.3, 0.4) is 0 Å². The van der Waals surface area contributed by atoms with E-state index in [-0.39, 0.29) is 29.2 Å². The van der Waals surface area contributed by atoms with Gasteiger partial charge in [0, 0.05) is 12.2 Å². The summed E-state index contributed by atoms with van der Waals surface area (Å²) in [4.78, 5) is 12.0. The smallest absolute Gasteiger partial charge is 0.306 e. The third-order valence-electron chi connectivity index (χ3n) is 8.32. The summed E-state index contributed by atoms with van der Waals surface area (Å²) in [7, 11) is 3.02. The van der Waals surface area contributed by atoms with Crippen LogP contribution >= 0.6 is 0 Å². The van der Waals surface area contributed by atoms with E-state index in [0.29, 0.717) is 36.9 Å². The zero-order valence-electron chi connectivity index (χ0n) is 23.9. The molecule has 3 aromatic carbocycles. The molecule has 0 unspecified atom stereocenters. The number of benzene rings is 3. The Kier molecular flexibility index (Phi) is 8.46. The van der Waals surface area contributed by atoms with Crippen molar-refractivity contribution in [3.8, 4) is 22.6 Å². The van der Waals surface area contributed by atoms with Crippen LogP contribution in [0.5, 0.6) is 11.5 Å². The van der Waals surface area contributed by atoms with E-state index in [4.69, 9.17) is 18.9 Å². The molecule has 212 valence electrons. The molecule has 1 aliphatic heterocycles. The Morgan fingerprint density at radius 2 is 1.85 bits per heavy atom. The second-order valence-electron chi connectivity index (χ2n) is 11.7. The first kappa shape index (κ1) is 28.2. The van der Waals surface area contributed by atoms with Gasteiger partial charge in [-0.05, 0) is 102 Å². The number of carbonyl (C=O) groups excluding carboxylic acids is 1. The molecule has 1 saturated heterocycles. The monoisotopic (exact) mass is 546 g/mol. The van der Waals surface area contributed by atoms with Gasteiger partial charge in [0.25, 0.3) is 0 Å². The molecule has 2 fully saturated rings. The minimum Gasteiger partial charge on any atom is -0.497 e. The summed E-state index contributed by atoms with van der Waals surface area (Å²) in [5.41, 5.74) is 4.23. The molecule has 3 aromatic rings. The second kappa shape index (κ2) is 12.0. The van der Waals surface area contributed by atoms with Gasteiger partial charge in [-0.25, -0.2) is 4.39 Å². The molecule has 0 aromatic heterocycles. The lowest BCUT2D eigenvalue weighted by Gasteiger charge is -2.39. The molecule has 40 heavy (non-hydrogen) atoms. The first-order chi connectivity index (χ1) is 19.3. The summed E-state index contributed by atoms with van der Waals surface area (Å²) in [5.74, 6) is 1.54. The molecular weight excluding hydrogens is 507 g/mol. The highest BCUT2D eigenvalue weighted by atomic mass is 19.1. The Morgan fingerprint density at radius 1 is 1.02 bits per heavy atom. The number of esters is 1. The van der Waals surface area contributed by atoms with Gasteiger partial charge in [-0.3, -0.25) is 4.79 Å². The van der Waals surface area contributed by atoms with Crippen LogP contribution in [-0.4, -0.2) is 26.8 Å². The van der Waals surface area contributed by atoms with Crippen LogP contribution in [0.2, 0.25) is 0 Å². The average Bonchev–Trinajstić information content (AvgIpc) is 3.80. The molecule has 2 atom stereocenters. The van der Waals surface area contributed by atoms with E-state index in [2.05, 4.69) is 26.0 Å². The molecule has 2 aliphatic rings. The molecule has 0 bridgehead atoms. The normalized spacial score (nSPS) is 19.1. The zero-order chi connectivity index (χ0) is 28.3. The van der Waals surface area contributed by atoms with Crippen LogP contribution in [0.25, 0.3) is 11.1 Å². The average molecular weight is 547 g/mol. The maximum absolute atomic E-state index is 15.1. The lowest BCUT2D eigenvalue weighted by molar-refractivity contribution is -0.141. The first-order valence-electron chi connectivity index (χ1n) is 14.2. The van der Waals surface area contributed by atoms with Crippen molar-refractivity contribution >= 4 is 5.97 Å². The van der Waals surface area contributed by atoms with Gasteiger partial charge in [0.05, 0.1) is 26.7 Å². The lowest BCUT2D eigenvalue weighted by Crippen LogP contribution is -2.30. The van der Waals surface area contributed by atoms with Crippen molar-refractivity contribution < 1.29 is 28.1 Å². The van der Waals surface area contributed by atoms with Crippen molar-refractivity contribution in [3.63, 3.8) is 0 Å². The van der Waals surface area contributed by atoms with Crippen molar-refractivity contribution in [2.45, 2.75) is 64.6 Å². The molecule has 5 nitrogen and oxygen atoms in total. The van der Waals surface area contributed by atoms with Gasteiger partial charge in [-0.15, -0.1) is 0 Å². The molecule has 1 saturated carbocycles. The summed E-state index contributed by atoms with van der Waals surface area (Å²) in [6.07, 6.45) is 4.50. The SMILES string of the molecule is COC(=O)C[C@H](c1cccc(OCc2ccc(-c3cc(OC)ccc3F)c([C@@H]3OCCCC3(C)C)c2)c1)C1CC1. The Bertz CT molecular complexity index is 1350. The highest BCUT2D eigenvalue weighted by Crippen LogP contribution is 2.48. The highest BCUT2D eigenvalue weighted by molar-refractivity contribution is 5.71. The third-order valence-corrected chi connectivity index (χ3v) is 8.32. The van der Waals surface area contributed by atoms with E-state index in [0.717, 1.165) is 53.7 Å². The summed E-state index contributed by atoms with van der Waals surface area (Å²) >= 11 is 0. The molecule has 0 N–H and O–H groups in total. The number of halogens is 1. The molecule has 6 heteroatoms. The highest BCUT2D eigenvalue weighted by Gasteiger charge is 2.37. The Labute approximate surface area is 236 Å². The Morgan fingerprint density at radius 3 is 2.58 bits per heavy atom. The number of hydrogen-bond acceptors (Lipinski definition) is 5. The van der Waals surface area contributed by atoms with Gasteiger partial charge in [-0.2, -0.15) is 0 Å². The van der Waals surface area contributed by atoms with E-state index in [1.807, 2.05) is 30.3 Å². The molecule has 0 radical (unpaired) electrons. The molecule has 1 heterocycles. The maximum atomic E-state index is 15.1. The summed E-state index contributed by atoms with van der Waals surface area (Å²) in [5, 5.41) is 0. The number of carbonyl (C=O) groups is 1. The van der Waals surface area contributed by atoms with Crippen molar-refractivity contribution in [1.29, 1.82) is 0 Å². The molecule has 5 rings (SSSR count). The van der Waals surface area contributed by atoms with Gasteiger partial charge in [0.15, 0.2) is 0 Å². The van der Waals surface area contributed by atoms with Crippen LogP contribution in [0.15, 0.2) is 60.7 Å². The van der Waals surface area contributed by atoms with E-state index in [1.54, 1.807) is 19.2 Å². The first-order valence-corrected chi connectivity index (χ1v) is 14.2. The second-order valence-corrected chi connectivity index (χ2v) is 11.7. The van der Waals surface area contributed by atoms with Crippen LogP contribution in [0, 0.1) is 17.2 Å². The quantitative estimate of drug-likeness (QED) is 0.241. The van der Waals surface area contributed by atoms with Crippen molar-refractivity contribution in [2.24, 2.45) is 11.3 Å². The van der Waals surface area contributed by atoms with Gasteiger partial charge in [0.2, 0.25) is 0 Å². The van der Waals surface area contributed by atoms with E-state index in [9.17, 15) is 4.79 Å². The number of hydrogen-bond donors (Lipinski definition) is 0. The fraction of sp³-hybridized carbons (Fsp3) is 0.441. The minimum absolute atomic E-state index is 0.104. The maximum Gasteiger partial charge on any atom is 0.306 e. The molecule has 0 amide bonds. The van der Waals surface area contributed by atoms with E-state index < -0.39 is 0 Å². The van der Waals surface area contributed by atoms with E-state index in [1.165, 1.54) is 13.2 Å². The van der Waals surface area contributed by atoms with Crippen LogP contribution in [0.4, 0.5) is 4.39 Å². The van der Waals surface area contributed by atoms with Crippen molar-refractivity contribution in [1.82, 2.24) is 0 Å². The number of rotatable bonds is 10. The fourth-order valence-electron chi connectivity index (χ4n) is 5.92. The molecule has 0 spiro atoms. The van der Waals surface area contributed by atoms with Crippen LogP contribution < -0.4 is 9.47 Å². The van der Waals surface area contributed by atoms with Crippen LogP contribution in [0.1, 0.15) is 74.7 Å². The zero-order valence-corrected chi connectivity index (χ0v) is 23.9. The third kappa shape index (κ3) is 6.33.